The predicted molar refractivity (Wildman–Crippen MR) is 87.0 cm³/mol. The number of fused-ring (bicyclic) bond motifs is 1. The number of aryl methyl sites for hydroxylation is 1. The Morgan fingerprint density at radius 2 is 2.00 bits per heavy atom. The number of hydrogen-bond donors (Lipinski definition) is 2. The van der Waals surface area contributed by atoms with Crippen LogP contribution in [0.25, 0.3) is 0 Å². The van der Waals surface area contributed by atoms with Gasteiger partial charge in [0.2, 0.25) is 5.95 Å². The van der Waals surface area contributed by atoms with Gasteiger partial charge in [-0.25, -0.2) is 4.98 Å². The fourth-order valence-corrected chi connectivity index (χ4v) is 2.65. The van der Waals surface area contributed by atoms with Gasteiger partial charge in [0, 0.05) is 11.3 Å². The van der Waals surface area contributed by atoms with Gasteiger partial charge in [0.15, 0.2) is 0 Å². The van der Waals surface area contributed by atoms with Gasteiger partial charge in [-0.1, -0.05) is 6.92 Å². The number of benzene rings is 1. The number of anilines is 2. The molecule has 5 heteroatoms. The van der Waals surface area contributed by atoms with Crippen LogP contribution in [0.5, 0.6) is 5.75 Å². The van der Waals surface area contributed by atoms with Crippen molar-refractivity contribution in [3.05, 3.63) is 45.9 Å². The molecule has 3 rings (SSSR count). The summed E-state index contributed by atoms with van der Waals surface area (Å²) in [6.45, 7) is 2.79. The van der Waals surface area contributed by atoms with Gasteiger partial charge in [0.25, 0.3) is 5.56 Å². The molecule has 5 nitrogen and oxygen atoms in total. The maximum Gasteiger partial charge on any atom is 0.255 e. The van der Waals surface area contributed by atoms with Crippen LogP contribution in [0.15, 0.2) is 29.1 Å². The molecule has 0 unspecified atom stereocenters. The van der Waals surface area contributed by atoms with Crippen molar-refractivity contribution in [1.29, 1.82) is 0 Å². The minimum atomic E-state index is -0.0184. The first-order valence-corrected chi connectivity index (χ1v) is 7.88. The summed E-state index contributed by atoms with van der Waals surface area (Å²) in [6.07, 6.45) is 4.88. The molecule has 116 valence electrons. The number of aromatic amines is 1. The molecule has 2 N–H and O–H groups in total. The molecule has 0 bridgehead atoms. The summed E-state index contributed by atoms with van der Waals surface area (Å²) in [7, 11) is 0. The lowest BCUT2D eigenvalue weighted by Gasteiger charge is -2.15. The van der Waals surface area contributed by atoms with Crippen LogP contribution >= 0.6 is 0 Å². The predicted octanol–water partition coefficient (Wildman–Crippen LogP) is 3.18. The van der Waals surface area contributed by atoms with Crippen LogP contribution in [-0.4, -0.2) is 16.6 Å². The van der Waals surface area contributed by atoms with Crippen molar-refractivity contribution in [2.45, 2.75) is 39.0 Å². The van der Waals surface area contributed by atoms with Crippen molar-refractivity contribution in [1.82, 2.24) is 9.97 Å². The molecule has 0 fully saturated rings. The molecule has 0 spiro atoms. The average molecular weight is 299 g/mol. The molecular formula is C17H21N3O2. The Labute approximate surface area is 129 Å². The molecule has 1 aromatic heterocycles. The lowest BCUT2D eigenvalue weighted by molar-refractivity contribution is 0.317. The Kier molecular flexibility index (Phi) is 4.42. The summed E-state index contributed by atoms with van der Waals surface area (Å²) in [6, 6.07) is 7.66. The minimum absolute atomic E-state index is 0.0184. The van der Waals surface area contributed by atoms with Gasteiger partial charge in [0.05, 0.1) is 12.3 Å². The van der Waals surface area contributed by atoms with Crippen LogP contribution in [0.3, 0.4) is 0 Å². The second-order valence-corrected chi connectivity index (χ2v) is 5.54. The molecule has 0 saturated carbocycles. The molecule has 2 aromatic rings. The zero-order chi connectivity index (χ0) is 15.4. The smallest absolute Gasteiger partial charge is 0.255 e. The Morgan fingerprint density at radius 1 is 1.23 bits per heavy atom. The first-order chi connectivity index (χ1) is 10.8. The Balaban J connectivity index is 1.75. The molecule has 1 aliphatic carbocycles. The molecular weight excluding hydrogens is 278 g/mol. The SMILES string of the molecule is CCCOc1ccc(Nc2nc3c(c(=O)[nH]2)CCCC3)cc1. The largest absolute Gasteiger partial charge is 0.494 e. The second kappa shape index (κ2) is 6.64. The van der Waals surface area contributed by atoms with Crippen molar-refractivity contribution in [2.75, 3.05) is 11.9 Å². The molecule has 1 aromatic carbocycles. The lowest BCUT2D eigenvalue weighted by Crippen LogP contribution is -2.22. The molecule has 0 amide bonds. The van der Waals surface area contributed by atoms with E-state index in [1.807, 2.05) is 24.3 Å². The molecule has 22 heavy (non-hydrogen) atoms. The highest BCUT2D eigenvalue weighted by atomic mass is 16.5. The fraction of sp³-hybridized carbons (Fsp3) is 0.412. The van der Waals surface area contributed by atoms with Crippen LogP contribution in [0.4, 0.5) is 11.6 Å². The number of hydrogen-bond acceptors (Lipinski definition) is 4. The van der Waals surface area contributed by atoms with E-state index in [1.165, 1.54) is 0 Å². The minimum Gasteiger partial charge on any atom is -0.494 e. The maximum absolute atomic E-state index is 12.1. The number of rotatable bonds is 5. The lowest BCUT2D eigenvalue weighted by atomic mass is 9.97. The summed E-state index contributed by atoms with van der Waals surface area (Å²) in [5.74, 6) is 1.35. The number of H-pyrrole nitrogens is 1. The van der Waals surface area contributed by atoms with Gasteiger partial charge >= 0.3 is 0 Å². The summed E-state index contributed by atoms with van der Waals surface area (Å²) in [4.78, 5) is 19.5. The van der Waals surface area contributed by atoms with Gasteiger partial charge < -0.3 is 10.1 Å². The maximum atomic E-state index is 12.1. The normalized spacial score (nSPS) is 13.5. The van der Waals surface area contributed by atoms with Crippen LogP contribution in [-0.2, 0) is 12.8 Å². The Bertz CT molecular complexity index is 692. The van der Waals surface area contributed by atoms with Gasteiger partial charge in [-0.2, -0.15) is 0 Å². The summed E-state index contributed by atoms with van der Waals surface area (Å²) < 4.78 is 5.55. The van der Waals surface area contributed by atoms with Gasteiger partial charge in [-0.15, -0.1) is 0 Å². The number of ether oxygens (including phenoxy) is 1. The summed E-state index contributed by atoms with van der Waals surface area (Å²) in [5.41, 5.74) is 2.64. The number of nitrogens with one attached hydrogen (secondary N) is 2. The summed E-state index contributed by atoms with van der Waals surface area (Å²) >= 11 is 0. The van der Waals surface area contributed by atoms with Crippen LogP contribution < -0.4 is 15.6 Å². The van der Waals surface area contributed by atoms with Gasteiger partial charge in [0.1, 0.15) is 5.75 Å². The first-order valence-electron chi connectivity index (χ1n) is 7.88. The molecule has 1 heterocycles. The average Bonchev–Trinajstić information content (AvgIpc) is 2.54. The quantitative estimate of drug-likeness (QED) is 0.890. The third-order valence-electron chi connectivity index (χ3n) is 3.78. The molecule has 0 saturated heterocycles. The highest BCUT2D eigenvalue weighted by molar-refractivity contribution is 5.54. The van der Waals surface area contributed by atoms with Crippen molar-refractivity contribution in [3.8, 4) is 5.75 Å². The van der Waals surface area contributed by atoms with E-state index in [9.17, 15) is 4.79 Å². The van der Waals surface area contributed by atoms with Crippen LogP contribution in [0.2, 0.25) is 0 Å². The first kappa shape index (κ1) is 14.6. The van der Waals surface area contributed by atoms with Crippen LogP contribution in [0.1, 0.15) is 37.4 Å². The highest BCUT2D eigenvalue weighted by Crippen LogP contribution is 2.20. The Hall–Kier alpha value is -2.30. The molecule has 0 aliphatic heterocycles. The van der Waals surface area contributed by atoms with E-state index in [0.717, 1.165) is 54.8 Å². The zero-order valence-electron chi connectivity index (χ0n) is 12.8. The van der Waals surface area contributed by atoms with E-state index in [-0.39, 0.29) is 5.56 Å². The van der Waals surface area contributed by atoms with Crippen molar-refractivity contribution in [2.24, 2.45) is 0 Å². The fourth-order valence-electron chi connectivity index (χ4n) is 2.65. The number of nitrogens with zero attached hydrogens (tertiary/aromatic N) is 1. The van der Waals surface area contributed by atoms with E-state index in [1.54, 1.807) is 0 Å². The van der Waals surface area contributed by atoms with Crippen molar-refractivity contribution in [3.63, 3.8) is 0 Å². The van der Waals surface area contributed by atoms with E-state index in [2.05, 4.69) is 22.2 Å². The molecule has 0 atom stereocenters. The van der Waals surface area contributed by atoms with E-state index in [4.69, 9.17) is 4.74 Å². The van der Waals surface area contributed by atoms with Crippen molar-refractivity contribution < 1.29 is 4.74 Å². The zero-order valence-corrected chi connectivity index (χ0v) is 12.8. The highest BCUT2D eigenvalue weighted by Gasteiger charge is 2.15. The monoisotopic (exact) mass is 299 g/mol. The third kappa shape index (κ3) is 3.30. The van der Waals surface area contributed by atoms with E-state index < -0.39 is 0 Å². The van der Waals surface area contributed by atoms with Crippen LogP contribution in [0, 0.1) is 0 Å². The standard InChI is InChI=1S/C17H21N3O2/c1-2-11-22-13-9-7-12(8-10-13)18-17-19-15-6-4-3-5-14(15)16(21)20-17/h7-10H,2-6,11H2,1H3,(H2,18,19,20,21). The molecule has 0 radical (unpaired) electrons. The van der Waals surface area contributed by atoms with Gasteiger partial charge in [-0.3, -0.25) is 9.78 Å². The summed E-state index contributed by atoms with van der Waals surface area (Å²) in [5, 5.41) is 3.16. The topological polar surface area (TPSA) is 67.0 Å². The third-order valence-corrected chi connectivity index (χ3v) is 3.78. The van der Waals surface area contributed by atoms with E-state index >= 15 is 0 Å². The van der Waals surface area contributed by atoms with Gasteiger partial charge in [-0.05, 0) is 56.4 Å². The number of aromatic nitrogens is 2. The van der Waals surface area contributed by atoms with E-state index in [0.29, 0.717) is 12.6 Å². The Morgan fingerprint density at radius 3 is 2.77 bits per heavy atom. The second-order valence-electron chi connectivity index (χ2n) is 5.54. The van der Waals surface area contributed by atoms with Crippen molar-refractivity contribution >= 4 is 11.6 Å². The molecule has 1 aliphatic rings.